The molecule has 0 radical (unpaired) electrons. The fourth-order valence-corrected chi connectivity index (χ4v) is 2.85. The van der Waals surface area contributed by atoms with Crippen molar-refractivity contribution in [2.75, 3.05) is 18.8 Å². The minimum Gasteiger partial charge on any atom is -0.490 e. The first-order valence-corrected chi connectivity index (χ1v) is 7.85. The molecule has 2 heterocycles. The molecule has 1 fully saturated rings. The van der Waals surface area contributed by atoms with Gasteiger partial charge in [0.05, 0.1) is 0 Å². The molecule has 0 aliphatic carbocycles. The minimum absolute atomic E-state index is 0.321. The SMILES string of the molecule is Cc1ccc(OC2CCN(Cc3ccnc(N)c3)CC2)cc1. The van der Waals surface area contributed by atoms with E-state index in [9.17, 15) is 0 Å². The summed E-state index contributed by atoms with van der Waals surface area (Å²) >= 11 is 0. The molecule has 0 atom stereocenters. The van der Waals surface area contributed by atoms with Crippen LogP contribution in [0.15, 0.2) is 42.6 Å². The molecule has 1 aliphatic rings. The van der Waals surface area contributed by atoms with Gasteiger partial charge in [-0.3, -0.25) is 4.90 Å². The maximum Gasteiger partial charge on any atom is 0.123 e. The lowest BCUT2D eigenvalue weighted by Crippen LogP contribution is -2.37. The zero-order valence-corrected chi connectivity index (χ0v) is 13.0. The molecule has 116 valence electrons. The summed E-state index contributed by atoms with van der Waals surface area (Å²) in [5.74, 6) is 1.57. The topological polar surface area (TPSA) is 51.4 Å². The highest BCUT2D eigenvalue weighted by Crippen LogP contribution is 2.20. The second kappa shape index (κ2) is 6.79. The van der Waals surface area contributed by atoms with Crippen molar-refractivity contribution >= 4 is 5.82 Å². The van der Waals surface area contributed by atoms with Crippen LogP contribution in [-0.2, 0) is 6.54 Å². The highest BCUT2D eigenvalue weighted by Gasteiger charge is 2.20. The van der Waals surface area contributed by atoms with E-state index in [0.29, 0.717) is 11.9 Å². The lowest BCUT2D eigenvalue weighted by atomic mass is 10.1. The van der Waals surface area contributed by atoms with Crippen LogP contribution in [0.3, 0.4) is 0 Å². The zero-order chi connectivity index (χ0) is 15.4. The van der Waals surface area contributed by atoms with Crippen LogP contribution >= 0.6 is 0 Å². The van der Waals surface area contributed by atoms with E-state index in [1.54, 1.807) is 6.20 Å². The van der Waals surface area contributed by atoms with Crippen LogP contribution in [0.4, 0.5) is 5.82 Å². The number of nitrogens with zero attached hydrogens (tertiary/aromatic N) is 2. The third-order valence-corrected chi connectivity index (χ3v) is 4.11. The Hall–Kier alpha value is -2.07. The second-order valence-corrected chi connectivity index (χ2v) is 6.00. The van der Waals surface area contributed by atoms with Crippen molar-refractivity contribution in [1.82, 2.24) is 9.88 Å². The molecule has 2 aromatic rings. The largest absolute Gasteiger partial charge is 0.490 e. The summed E-state index contributed by atoms with van der Waals surface area (Å²) in [7, 11) is 0. The number of aryl methyl sites for hydroxylation is 1. The van der Waals surface area contributed by atoms with Gasteiger partial charge in [0.1, 0.15) is 17.7 Å². The van der Waals surface area contributed by atoms with Crippen LogP contribution in [0.5, 0.6) is 5.75 Å². The lowest BCUT2D eigenvalue weighted by Gasteiger charge is -2.32. The van der Waals surface area contributed by atoms with Crippen molar-refractivity contribution in [3.63, 3.8) is 0 Å². The van der Waals surface area contributed by atoms with Crippen LogP contribution in [0.25, 0.3) is 0 Å². The van der Waals surface area contributed by atoms with Crippen LogP contribution in [0.2, 0.25) is 0 Å². The highest BCUT2D eigenvalue weighted by atomic mass is 16.5. The Morgan fingerprint density at radius 3 is 2.59 bits per heavy atom. The number of pyridine rings is 1. The van der Waals surface area contributed by atoms with E-state index >= 15 is 0 Å². The molecule has 0 amide bonds. The van der Waals surface area contributed by atoms with Gasteiger partial charge in [0.25, 0.3) is 0 Å². The molecule has 1 aliphatic heterocycles. The van der Waals surface area contributed by atoms with Gasteiger partial charge in [-0.2, -0.15) is 0 Å². The summed E-state index contributed by atoms with van der Waals surface area (Å²) in [5, 5.41) is 0. The van der Waals surface area contributed by atoms with Crippen molar-refractivity contribution in [3.05, 3.63) is 53.7 Å². The molecule has 0 saturated carbocycles. The maximum atomic E-state index is 6.07. The van der Waals surface area contributed by atoms with Crippen LogP contribution in [0, 0.1) is 6.92 Å². The first-order chi connectivity index (χ1) is 10.7. The van der Waals surface area contributed by atoms with Gasteiger partial charge in [0, 0.05) is 25.8 Å². The predicted octanol–water partition coefficient (Wildman–Crippen LogP) is 3.02. The van der Waals surface area contributed by atoms with Crippen molar-refractivity contribution < 1.29 is 4.74 Å². The van der Waals surface area contributed by atoms with Gasteiger partial charge in [0.2, 0.25) is 0 Å². The van der Waals surface area contributed by atoms with Gasteiger partial charge < -0.3 is 10.5 Å². The molecule has 1 aromatic heterocycles. The fraction of sp³-hybridized carbons (Fsp3) is 0.389. The lowest BCUT2D eigenvalue weighted by molar-refractivity contribution is 0.0968. The first kappa shape index (κ1) is 14.9. The van der Waals surface area contributed by atoms with Gasteiger partial charge in [-0.1, -0.05) is 17.7 Å². The van der Waals surface area contributed by atoms with Crippen molar-refractivity contribution in [1.29, 1.82) is 0 Å². The molecule has 22 heavy (non-hydrogen) atoms. The number of anilines is 1. The number of ether oxygens (including phenoxy) is 1. The average molecular weight is 297 g/mol. The molecular weight excluding hydrogens is 274 g/mol. The van der Waals surface area contributed by atoms with E-state index in [4.69, 9.17) is 10.5 Å². The Morgan fingerprint density at radius 2 is 1.91 bits per heavy atom. The minimum atomic E-state index is 0.321. The fourth-order valence-electron chi connectivity index (χ4n) is 2.85. The van der Waals surface area contributed by atoms with Crippen LogP contribution < -0.4 is 10.5 Å². The molecule has 4 nitrogen and oxygen atoms in total. The number of hydrogen-bond acceptors (Lipinski definition) is 4. The number of hydrogen-bond donors (Lipinski definition) is 1. The van der Waals surface area contributed by atoms with E-state index in [2.05, 4.69) is 41.1 Å². The van der Waals surface area contributed by atoms with Gasteiger partial charge in [-0.05, 0) is 49.6 Å². The zero-order valence-electron chi connectivity index (χ0n) is 13.0. The third-order valence-electron chi connectivity index (χ3n) is 4.11. The quantitative estimate of drug-likeness (QED) is 0.942. The molecule has 2 N–H and O–H groups in total. The Bertz CT molecular complexity index is 604. The molecule has 0 spiro atoms. The molecule has 3 rings (SSSR count). The number of nitrogens with two attached hydrogens (primary N) is 1. The summed E-state index contributed by atoms with van der Waals surface area (Å²) in [6.07, 6.45) is 4.22. The Labute approximate surface area is 131 Å². The molecule has 1 saturated heterocycles. The molecule has 1 aromatic carbocycles. The van der Waals surface area contributed by atoms with E-state index in [1.165, 1.54) is 11.1 Å². The second-order valence-electron chi connectivity index (χ2n) is 6.00. The highest BCUT2D eigenvalue weighted by molar-refractivity contribution is 5.31. The Morgan fingerprint density at radius 1 is 1.18 bits per heavy atom. The van der Waals surface area contributed by atoms with E-state index in [-0.39, 0.29) is 0 Å². The predicted molar refractivity (Wildman–Crippen MR) is 88.8 cm³/mol. The number of nitrogen functional groups attached to an aromatic ring is 1. The smallest absolute Gasteiger partial charge is 0.123 e. The van der Waals surface area contributed by atoms with Gasteiger partial charge >= 0.3 is 0 Å². The Kier molecular flexibility index (Phi) is 4.59. The normalized spacial score (nSPS) is 16.6. The average Bonchev–Trinajstić information content (AvgIpc) is 2.52. The number of piperidine rings is 1. The number of rotatable bonds is 4. The summed E-state index contributed by atoms with van der Waals surface area (Å²) in [5.41, 5.74) is 8.22. The number of aromatic nitrogens is 1. The van der Waals surface area contributed by atoms with Gasteiger partial charge in [0.15, 0.2) is 0 Å². The van der Waals surface area contributed by atoms with Gasteiger partial charge in [-0.15, -0.1) is 0 Å². The van der Waals surface area contributed by atoms with Crippen molar-refractivity contribution in [3.8, 4) is 5.75 Å². The van der Waals surface area contributed by atoms with Gasteiger partial charge in [-0.25, -0.2) is 4.98 Å². The monoisotopic (exact) mass is 297 g/mol. The Balaban J connectivity index is 1.49. The molecule has 0 unspecified atom stereocenters. The molecular formula is C18H23N3O. The standard InChI is InChI=1S/C18H23N3O/c1-14-2-4-16(5-3-14)22-17-7-10-21(11-8-17)13-15-6-9-20-18(19)12-15/h2-6,9,12,17H,7-8,10-11,13H2,1H3,(H2,19,20). The van der Waals surface area contributed by atoms with Crippen LogP contribution in [0.1, 0.15) is 24.0 Å². The summed E-state index contributed by atoms with van der Waals surface area (Å²) in [4.78, 5) is 6.49. The molecule has 4 heteroatoms. The van der Waals surface area contributed by atoms with E-state index < -0.39 is 0 Å². The van der Waals surface area contributed by atoms with Crippen molar-refractivity contribution in [2.24, 2.45) is 0 Å². The van der Waals surface area contributed by atoms with Crippen molar-refractivity contribution in [2.45, 2.75) is 32.4 Å². The van der Waals surface area contributed by atoms with E-state index in [1.807, 2.05) is 12.1 Å². The number of likely N-dealkylation sites (tertiary alicyclic amines) is 1. The first-order valence-electron chi connectivity index (χ1n) is 7.85. The van der Waals surface area contributed by atoms with Crippen LogP contribution in [-0.4, -0.2) is 29.1 Å². The molecule has 0 bridgehead atoms. The maximum absolute atomic E-state index is 6.07. The summed E-state index contributed by atoms with van der Waals surface area (Å²) < 4.78 is 6.07. The summed E-state index contributed by atoms with van der Waals surface area (Å²) in [6.45, 7) is 5.13. The summed E-state index contributed by atoms with van der Waals surface area (Å²) in [6, 6.07) is 12.3. The third kappa shape index (κ3) is 3.98. The number of benzene rings is 1. The van der Waals surface area contributed by atoms with E-state index in [0.717, 1.165) is 38.2 Å².